The SMILES string of the molecule is Cc1ccc(C(=O)O)cc1NC(=O)C(C)Sc1cccc(NC(=O)/C(=C\c2ccccc2[N+](=O)[O-])NC(=O)c2ccccc2)c1. The van der Waals surface area contributed by atoms with E-state index in [1.54, 1.807) is 80.6 Å². The van der Waals surface area contributed by atoms with E-state index in [1.165, 1.54) is 48.2 Å². The lowest BCUT2D eigenvalue weighted by molar-refractivity contribution is -0.385. The molecule has 1 atom stereocenters. The maximum Gasteiger partial charge on any atom is 0.335 e. The van der Waals surface area contributed by atoms with Crippen molar-refractivity contribution in [2.24, 2.45) is 0 Å². The minimum atomic E-state index is -1.11. The van der Waals surface area contributed by atoms with Crippen molar-refractivity contribution in [3.8, 4) is 0 Å². The van der Waals surface area contributed by atoms with E-state index >= 15 is 0 Å². The molecule has 4 aromatic carbocycles. The zero-order valence-corrected chi connectivity index (χ0v) is 25.0. The van der Waals surface area contributed by atoms with Crippen LogP contribution in [0.1, 0.15) is 38.8 Å². The number of nitro groups is 1. The highest BCUT2D eigenvalue weighted by Gasteiger charge is 2.20. The number of para-hydroxylation sites is 1. The van der Waals surface area contributed by atoms with Crippen LogP contribution in [-0.2, 0) is 9.59 Å². The van der Waals surface area contributed by atoms with Gasteiger partial charge in [0.2, 0.25) is 5.91 Å². The second-order valence-electron chi connectivity index (χ2n) is 9.76. The largest absolute Gasteiger partial charge is 0.478 e. The van der Waals surface area contributed by atoms with E-state index in [2.05, 4.69) is 16.0 Å². The van der Waals surface area contributed by atoms with Crippen LogP contribution >= 0.6 is 11.8 Å². The number of hydrogen-bond donors (Lipinski definition) is 4. The lowest BCUT2D eigenvalue weighted by Gasteiger charge is -2.15. The molecule has 0 saturated heterocycles. The van der Waals surface area contributed by atoms with Crippen molar-refractivity contribution < 1.29 is 29.2 Å². The number of carboxylic acid groups (broad SMARTS) is 1. The van der Waals surface area contributed by atoms with E-state index < -0.39 is 28.0 Å². The third kappa shape index (κ3) is 8.65. The number of amides is 3. The third-order valence-corrected chi connectivity index (χ3v) is 7.57. The van der Waals surface area contributed by atoms with Gasteiger partial charge in [-0.2, -0.15) is 0 Å². The summed E-state index contributed by atoms with van der Waals surface area (Å²) in [5, 5.41) is 28.3. The first kappa shape index (κ1) is 32.2. The summed E-state index contributed by atoms with van der Waals surface area (Å²) in [7, 11) is 0. The Morgan fingerprint density at radius 3 is 2.29 bits per heavy atom. The van der Waals surface area contributed by atoms with Crippen molar-refractivity contribution in [3.63, 3.8) is 0 Å². The van der Waals surface area contributed by atoms with Gasteiger partial charge in [-0.15, -0.1) is 11.8 Å². The molecule has 0 aliphatic heterocycles. The molecule has 11 nitrogen and oxygen atoms in total. The molecule has 0 radical (unpaired) electrons. The van der Waals surface area contributed by atoms with Crippen molar-refractivity contribution in [1.82, 2.24) is 5.32 Å². The fraction of sp³-hybridized carbons (Fsp3) is 0.0909. The van der Waals surface area contributed by atoms with Crippen LogP contribution in [0.4, 0.5) is 17.1 Å². The molecular formula is C33H28N4O7S. The molecular weight excluding hydrogens is 596 g/mol. The molecule has 0 fully saturated rings. The average molecular weight is 625 g/mol. The zero-order chi connectivity index (χ0) is 32.5. The first-order chi connectivity index (χ1) is 21.5. The first-order valence-corrected chi connectivity index (χ1v) is 14.4. The molecule has 0 aliphatic carbocycles. The number of benzene rings is 4. The number of rotatable bonds is 11. The van der Waals surface area contributed by atoms with E-state index in [9.17, 15) is 34.4 Å². The molecule has 4 rings (SSSR count). The summed E-state index contributed by atoms with van der Waals surface area (Å²) < 4.78 is 0. The van der Waals surface area contributed by atoms with E-state index in [-0.39, 0.29) is 34.0 Å². The van der Waals surface area contributed by atoms with Gasteiger partial charge in [-0.1, -0.05) is 42.5 Å². The van der Waals surface area contributed by atoms with E-state index in [0.29, 0.717) is 21.8 Å². The molecule has 12 heteroatoms. The summed E-state index contributed by atoms with van der Waals surface area (Å²) >= 11 is 1.21. The Labute approximate surface area is 262 Å². The fourth-order valence-electron chi connectivity index (χ4n) is 4.10. The second-order valence-corrected chi connectivity index (χ2v) is 11.2. The van der Waals surface area contributed by atoms with Crippen LogP contribution in [0.15, 0.2) is 108 Å². The van der Waals surface area contributed by atoms with Gasteiger partial charge < -0.3 is 21.1 Å². The molecule has 3 amide bonds. The van der Waals surface area contributed by atoms with E-state index in [4.69, 9.17) is 0 Å². The van der Waals surface area contributed by atoms with E-state index in [1.807, 2.05) is 0 Å². The van der Waals surface area contributed by atoms with Crippen molar-refractivity contribution in [2.75, 3.05) is 10.6 Å². The third-order valence-electron chi connectivity index (χ3n) is 6.48. The Balaban J connectivity index is 1.52. The minimum absolute atomic E-state index is 0.0508. The van der Waals surface area contributed by atoms with Crippen LogP contribution < -0.4 is 16.0 Å². The molecule has 45 heavy (non-hydrogen) atoms. The predicted octanol–water partition coefficient (Wildman–Crippen LogP) is 6.13. The van der Waals surface area contributed by atoms with Crippen LogP contribution in [0.2, 0.25) is 0 Å². The number of hydrogen-bond acceptors (Lipinski definition) is 7. The number of carbonyl (C=O) groups is 4. The number of anilines is 2. The van der Waals surface area contributed by atoms with Crippen molar-refractivity contribution in [3.05, 3.63) is 135 Å². The van der Waals surface area contributed by atoms with Crippen LogP contribution in [0, 0.1) is 17.0 Å². The highest BCUT2D eigenvalue weighted by Crippen LogP contribution is 2.28. The number of carboxylic acids is 1. The van der Waals surface area contributed by atoms with Gasteiger partial charge in [0.25, 0.3) is 17.5 Å². The summed E-state index contributed by atoms with van der Waals surface area (Å²) in [4.78, 5) is 62.3. The van der Waals surface area contributed by atoms with Gasteiger partial charge in [0, 0.05) is 27.9 Å². The van der Waals surface area contributed by atoms with Crippen LogP contribution in [-0.4, -0.2) is 39.0 Å². The van der Waals surface area contributed by atoms with E-state index in [0.717, 1.165) is 0 Å². The summed E-state index contributed by atoms with van der Waals surface area (Å²) in [5.41, 5.74) is 1.45. The monoisotopic (exact) mass is 624 g/mol. The molecule has 4 aromatic rings. The lowest BCUT2D eigenvalue weighted by Crippen LogP contribution is -2.30. The maximum absolute atomic E-state index is 13.4. The van der Waals surface area contributed by atoms with Crippen molar-refractivity contribution in [1.29, 1.82) is 0 Å². The van der Waals surface area contributed by atoms with Gasteiger partial charge in [0.05, 0.1) is 21.3 Å². The van der Waals surface area contributed by atoms with Gasteiger partial charge in [-0.3, -0.25) is 24.5 Å². The zero-order valence-electron chi connectivity index (χ0n) is 24.1. The predicted molar refractivity (Wildman–Crippen MR) is 172 cm³/mol. The maximum atomic E-state index is 13.4. The molecule has 228 valence electrons. The highest BCUT2D eigenvalue weighted by molar-refractivity contribution is 8.00. The Hall–Kier alpha value is -5.75. The van der Waals surface area contributed by atoms with Crippen LogP contribution in [0.3, 0.4) is 0 Å². The van der Waals surface area contributed by atoms with Crippen molar-refractivity contribution in [2.45, 2.75) is 24.0 Å². The summed E-state index contributed by atoms with van der Waals surface area (Å²) in [5.74, 6) is -2.76. The molecule has 4 N–H and O–H groups in total. The summed E-state index contributed by atoms with van der Waals surface area (Å²) in [6.07, 6.45) is 1.24. The van der Waals surface area contributed by atoms with Crippen LogP contribution in [0.5, 0.6) is 0 Å². The number of nitro benzene ring substituents is 1. The van der Waals surface area contributed by atoms with Gasteiger partial charge >= 0.3 is 5.97 Å². The Bertz CT molecular complexity index is 1810. The lowest BCUT2D eigenvalue weighted by atomic mass is 10.1. The number of aryl methyl sites for hydroxylation is 1. The van der Waals surface area contributed by atoms with Crippen LogP contribution in [0.25, 0.3) is 6.08 Å². The Kier molecular flexibility index (Phi) is 10.5. The molecule has 0 aliphatic rings. The van der Waals surface area contributed by atoms with Gasteiger partial charge in [0.15, 0.2) is 0 Å². The number of nitrogens with zero attached hydrogens (tertiary/aromatic N) is 1. The van der Waals surface area contributed by atoms with Gasteiger partial charge in [0.1, 0.15) is 5.70 Å². The van der Waals surface area contributed by atoms with Gasteiger partial charge in [-0.05, 0) is 74.0 Å². The average Bonchev–Trinajstić information content (AvgIpc) is 3.02. The highest BCUT2D eigenvalue weighted by atomic mass is 32.2. The number of thioether (sulfide) groups is 1. The summed E-state index contributed by atoms with van der Waals surface area (Å²) in [6.45, 7) is 3.44. The summed E-state index contributed by atoms with van der Waals surface area (Å²) in [6, 6.07) is 25.2. The number of aromatic carboxylic acids is 1. The Morgan fingerprint density at radius 2 is 1.58 bits per heavy atom. The first-order valence-electron chi connectivity index (χ1n) is 13.6. The topological polar surface area (TPSA) is 168 Å². The normalized spacial score (nSPS) is 11.6. The quantitative estimate of drug-likeness (QED) is 0.0669. The minimum Gasteiger partial charge on any atom is -0.478 e. The number of nitrogens with one attached hydrogen (secondary N) is 3. The molecule has 0 aromatic heterocycles. The Morgan fingerprint density at radius 1 is 0.867 bits per heavy atom. The van der Waals surface area contributed by atoms with Crippen molar-refractivity contribution >= 4 is 58.6 Å². The fourth-order valence-corrected chi connectivity index (χ4v) is 5.03. The molecule has 1 unspecified atom stereocenters. The number of carbonyl (C=O) groups excluding carboxylic acids is 3. The molecule has 0 saturated carbocycles. The molecule has 0 bridgehead atoms. The van der Waals surface area contributed by atoms with Gasteiger partial charge in [-0.25, -0.2) is 4.79 Å². The smallest absolute Gasteiger partial charge is 0.335 e. The molecule has 0 spiro atoms. The standard InChI is InChI=1S/C33H28N4O7S/c1-20-15-16-24(33(41)42)18-27(20)35-30(38)21(2)45-26-13-8-12-25(19-26)34-32(40)28(36-31(39)22-9-4-3-5-10-22)17-23-11-6-7-14-29(23)37(43)44/h3-19,21H,1-2H3,(H,34,40)(H,35,38)(H,36,39)(H,41,42)/b28-17+. The second kappa shape index (κ2) is 14.6. The molecule has 0 heterocycles.